The quantitative estimate of drug-likeness (QED) is 0.360. The number of hydrogen-bond acceptors (Lipinski definition) is 0. The van der Waals surface area contributed by atoms with Crippen LogP contribution in [0.1, 0.15) is 0 Å². The van der Waals surface area contributed by atoms with Gasteiger partial charge in [-0.15, -0.1) is 0 Å². The first-order valence-electron chi connectivity index (χ1n) is 8.89. The Hall–Kier alpha value is -3.52. The maximum Gasteiger partial charge on any atom is 0.123 e. The van der Waals surface area contributed by atoms with Crippen LogP contribution in [-0.4, -0.2) is 9.38 Å². The summed E-state index contributed by atoms with van der Waals surface area (Å²) < 4.78 is 2.26. The number of rotatable bonds is 1. The second kappa shape index (κ2) is 4.99. The van der Waals surface area contributed by atoms with E-state index in [0.717, 1.165) is 5.65 Å². The van der Waals surface area contributed by atoms with E-state index in [0.29, 0.717) is 0 Å². The van der Waals surface area contributed by atoms with Crippen molar-refractivity contribution in [1.82, 2.24) is 9.38 Å². The van der Waals surface area contributed by atoms with Crippen molar-refractivity contribution in [2.75, 3.05) is 0 Å². The second-order valence-electron chi connectivity index (χ2n) is 6.79. The van der Waals surface area contributed by atoms with Crippen molar-refractivity contribution in [1.29, 1.82) is 0 Å². The predicted molar refractivity (Wildman–Crippen MR) is 110 cm³/mol. The highest BCUT2D eigenvalue weighted by molar-refractivity contribution is 6.18. The number of pyridine rings is 1. The molecule has 0 unspecified atom stereocenters. The first kappa shape index (κ1) is 13.7. The average Bonchev–Trinajstić information content (AvgIpc) is 3.22. The van der Waals surface area contributed by atoms with Crippen molar-refractivity contribution in [2.24, 2.45) is 0 Å². The fourth-order valence-corrected chi connectivity index (χ4v) is 4.17. The summed E-state index contributed by atoms with van der Waals surface area (Å²) in [6, 6.07) is 30.3. The van der Waals surface area contributed by atoms with Crippen LogP contribution >= 0.6 is 0 Å². The molecule has 6 aromatic rings. The van der Waals surface area contributed by atoms with Crippen LogP contribution in [-0.2, 0) is 0 Å². The third-order valence-electron chi connectivity index (χ3n) is 5.33. The minimum absolute atomic E-state index is 1.16. The second-order valence-corrected chi connectivity index (χ2v) is 6.79. The molecular weight excluding hydrogens is 316 g/mol. The Kier molecular flexibility index (Phi) is 2.64. The number of H-pyrrole nitrogens is 1. The Morgan fingerprint density at radius 3 is 2.46 bits per heavy atom. The van der Waals surface area contributed by atoms with E-state index in [4.69, 9.17) is 0 Å². The van der Waals surface area contributed by atoms with Crippen molar-refractivity contribution in [3.63, 3.8) is 0 Å². The maximum absolute atomic E-state index is 3.61. The van der Waals surface area contributed by atoms with Gasteiger partial charge in [-0.25, -0.2) is 0 Å². The van der Waals surface area contributed by atoms with E-state index in [-0.39, 0.29) is 0 Å². The molecule has 2 heteroatoms. The molecule has 0 saturated carbocycles. The number of para-hydroxylation sites is 1. The summed E-state index contributed by atoms with van der Waals surface area (Å²) in [5.74, 6) is 0. The molecule has 0 radical (unpaired) electrons. The minimum atomic E-state index is 1.16. The third-order valence-corrected chi connectivity index (χ3v) is 5.33. The molecular formula is C24H16N2. The van der Waals surface area contributed by atoms with Gasteiger partial charge in [-0.05, 0) is 40.6 Å². The summed E-state index contributed by atoms with van der Waals surface area (Å²) in [6.07, 6.45) is 2.14. The Bertz CT molecular complexity index is 1430. The lowest BCUT2D eigenvalue weighted by molar-refractivity contribution is 1.22. The van der Waals surface area contributed by atoms with Crippen LogP contribution in [0.2, 0.25) is 0 Å². The van der Waals surface area contributed by atoms with E-state index in [1.807, 2.05) is 0 Å². The zero-order valence-electron chi connectivity index (χ0n) is 14.1. The number of nitrogens with one attached hydrogen (secondary N) is 1. The smallest absolute Gasteiger partial charge is 0.123 e. The number of aromatic amines is 1. The fraction of sp³-hybridized carbons (Fsp3) is 0. The number of nitrogens with zero attached hydrogens (tertiary/aromatic N) is 1. The molecule has 3 heterocycles. The molecule has 0 fully saturated rings. The molecule has 122 valence electrons. The fourth-order valence-electron chi connectivity index (χ4n) is 4.17. The molecule has 0 atom stereocenters. The summed E-state index contributed by atoms with van der Waals surface area (Å²) in [4.78, 5) is 3.61. The summed E-state index contributed by atoms with van der Waals surface area (Å²) in [5, 5.41) is 5.11. The highest BCUT2D eigenvalue weighted by Gasteiger charge is 2.17. The largest absolute Gasteiger partial charge is 0.340 e. The van der Waals surface area contributed by atoms with Gasteiger partial charge in [-0.1, -0.05) is 60.7 Å². The van der Waals surface area contributed by atoms with Gasteiger partial charge in [0.05, 0.1) is 5.52 Å². The van der Waals surface area contributed by atoms with Gasteiger partial charge in [0.25, 0.3) is 0 Å². The summed E-state index contributed by atoms with van der Waals surface area (Å²) in [6.45, 7) is 0. The van der Waals surface area contributed by atoms with Gasteiger partial charge in [0.15, 0.2) is 0 Å². The molecule has 26 heavy (non-hydrogen) atoms. The molecule has 6 rings (SSSR count). The van der Waals surface area contributed by atoms with Gasteiger partial charge in [-0.3, -0.25) is 0 Å². The average molecular weight is 332 g/mol. The standard InChI is InChI=1S/C24H16N2/c1-2-8-17-15-18(13-12-16(17)7-1)22-21-11-5-6-14-26(21)24-23(22)19-9-3-4-10-20(19)25-24/h1-15,25H. The van der Waals surface area contributed by atoms with Crippen molar-refractivity contribution in [3.8, 4) is 11.1 Å². The van der Waals surface area contributed by atoms with E-state index in [2.05, 4.69) is 101 Å². The van der Waals surface area contributed by atoms with Crippen LogP contribution in [0.5, 0.6) is 0 Å². The molecule has 3 aromatic carbocycles. The third kappa shape index (κ3) is 1.76. The van der Waals surface area contributed by atoms with Gasteiger partial charge in [0.2, 0.25) is 0 Å². The Balaban J connectivity index is 1.82. The number of hydrogen-bond donors (Lipinski definition) is 1. The molecule has 0 aliphatic carbocycles. The molecule has 0 spiro atoms. The van der Waals surface area contributed by atoms with Crippen LogP contribution in [0.15, 0.2) is 91.1 Å². The van der Waals surface area contributed by atoms with E-state index in [1.165, 1.54) is 43.7 Å². The highest BCUT2D eigenvalue weighted by Crippen LogP contribution is 2.40. The number of aromatic nitrogens is 2. The minimum Gasteiger partial charge on any atom is -0.340 e. The molecule has 2 nitrogen and oxygen atoms in total. The Morgan fingerprint density at radius 2 is 1.50 bits per heavy atom. The monoisotopic (exact) mass is 332 g/mol. The van der Waals surface area contributed by atoms with Crippen LogP contribution in [0.25, 0.3) is 49.4 Å². The van der Waals surface area contributed by atoms with Crippen LogP contribution in [0.4, 0.5) is 0 Å². The van der Waals surface area contributed by atoms with Gasteiger partial charge in [0.1, 0.15) is 5.65 Å². The Labute approximate surface area is 150 Å². The van der Waals surface area contributed by atoms with E-state index in [9.17, 15) is 0 Å². The normalized spacial score (nSPS) is 11.8. The summed E-state index contributed by atoms with van der Waals surface area (Å²) in [5.41, 5.74) is 6.12. The molecule has 0 aliphatic heterocycles. The Morgan fingerprint density at radius 1 is 0.692 bits per heavy atom. The zero-order valence-corrected chi connectivity index (χ0v) is 14.1. The van der Waals surface area contributed by atoms with Crippen molar-refractivity contribution < 1.29 is 0 Å². The molecule has 3 aromatic heterocycles. The maximum atomic E-state index is 3.61. The van der Waals surface area contributed by atoms with Crippen LogP contribution in [0, 0.1) is 0 Å². The van der Waals surface area contributed by atoms with Crippen LogP contribution < -0.4 is 0 Å². The lowest BCUT2D eigenvalue weighted by atomic mass is 9.99. The van der Waals surface area contributed by atoms with E-state index < -0.39 is 0 Å². The summed E-state index contributed by atoms with van der Waals surface area (Å²) in [7, 11) is 0. The molecule has 0 bridgehead atoms. The first-order valence-corrected chi connectivity index (χ1v) is 8.89. The van der Waals surface area contributed by atoms with Crippen LogP contribution in [0.3, 0.4) is 0 Å². The van der Waals surface area contributed by atoms with E-state index in [1.54, 1.807) is 0 Å². The van der Waals surface area contributed by atoms with Gasteiger partial charge in [0, 0.05) is 28.0 Å². The van der Waals surface area contributed by atoms with Gasteiger partial charge >= 0.3 is 0 Å². The summed E-state index contributed by atoms with van der Waals surface area (Å²) >= 11 is 0. The molecule has 0 aliphatic rings. The first-order chi connectivity index (χ1) is 12.9. The number of fused-ring (bicyclic) bond motifs is 6. The van der Waals surface area contributed by atoms with E-state index >= 15 is 0 Å². The van der Waals surface area contributed by atoms with Gasteiger partial charge in [-0.2, -0.15) is 0 Å². The lowest BCUT2D eigenvalue weighted by Gasteiger charge is -2.05. The van der Waals surface area contributed by atoms with Crippen molar-refractivity contribution >= 4 is 38.2 Å². The zero-order chi connectivity index (χ0) is 17.1. The number of benzene rings is 3. The molecule has 0 saturated heterocycles. The van der Waals surface area contributed by atoms with Crippen molar-refractivity contribution in [2.45, 2.75) is 0 Å². The van der Waals surface area contributed by atoms with Crippen molar-refractivity contribution in [3.05, 3.63) is 91.1 Å². The molecule has 1 N–H and O–H groups in total. The van der Waals surface area contributed by atoms with Gasteiger partial charge < -0.3 is 9.38 Å². The highest BCUT2D eigenvalue weighted by atomic mass is 15.0. The lowest BCUT2D eigenvalue weighted by Crippen LogP contribution is -1.84. The molecule has 0 amide bonds. The SMILES string of the molecule is c1ccc2cc(-c3c4c5ccccc5[nH]c4n4ccccc34)ccc2c1. The predicted octanol–water partition coefficient (Wildman–Crippen LogP) is 6.39. The topological polar surface area (TPSA) is 20.2 Å².